The highest BCUT2D eigenvalue weighted by Gasteiger charge is 2.48. The topological polar surface area (TPSA) is 94.2 Å². The van der Waals surface area contributed by atoms with Gasteiger partial charge in [-0.2, -0.15) is 0 Å². The van der Waals surface area contributed by atoms with Crippen LogP contribution in [0.2, 0.25) is 0 Å². The summed E-state index contributed by atoms with van der Waals surface area (Å²) < 4.78 is 17.9. The number of carbonyl (C=O) groups excluding carboxylic acids is 3. The number of nitrogens with zero attached hydrogens (tertiary/aromatic N) is 1. The molecule has 0 unspecified atom stereocenters. The maximum absolute atomic E-state index is 13.9. The van der Waals surface area contributed by atoms with Crippen molar-refractivity contribution in [3.8, 4) is 17.2 Å². The molecule has 0 radical (unpaired) electrons. The van der Waals surface area contributed by atoms with Gasteiger partial charge in [-0.3, -0.25) is 14.4 Å². The van der Waals surface area contributed by atoms with Crippen LogP contribution in [0.25, 0.3) is 0 Å². The van der Waals surface area contributed by atoms with E-state index < -0.39 is 5.92 Å². The molecule has 0 atom stereocenters. The molecule has 0 spiro atoms. The molecule has 2 aromatic rings. The van der Waals surface area contributed by atoms with Crippen LogP contribution < -0.4 is 19.5 Å². The number of hydrogen-bond donors (Lipinski definition) is 1. The van der Waals surface area contributed by atoms with Crippen LogP contribution in [0.3, 0.4) is 0 Å². The zero-order valence-electron chi connectivity index (χ0n) is 26.6. The number of rotatable bonds is 8. The third-order valence-electron chi connectivity index (χ3n) is 8.57. The van der Waals surface area contributed by atoms with Crippen LogP contribution in [0.4, 0.5) is 5.69 Å². The predicted molar refractivity (Wildman–Crippen MR) is 173 cm³/mol. The Kier molecular flexibility index (Phi) is 8.73. The Labute approximate surface area is 267 Å². The number of anilines is 1. The van der Waals surface area contributed by atoms with E-state index in [4.69, 9.17) is 14.2 Å². The van der Waals surface area contributed by atoms with Crippen LogP contribution in [0.5, 0.6) is 17.2 Å². The third kappa shape index (κ3) is 6.16. The van der Waals surface area contributed by atoms with Crippen LogP contribution in [-0.2, 0) is 14.4 Å². The second-order valence-electron chi connectivity index (χ2n) is 13.4. The molecule has 1 heterocycles. The summed E-state index contributed by atoms with van der Waals surface area (Å²) in [5.41, 5.74) is 4.32. The highest BCUT2D eigenvalue weighted by atomic mass is 79.9. The lowest BCUT2D eigenvalue weighted by Gasteiger charge is -2.48. The number of ether oxygens (including phenoxy) is 3. The molecule has 1 amide bonds. The Morgan fingerprint density at radius 3 is 2.09 bits per heavy atom. The summed E-state index contributed by atoms with van der Waals surface area (Å²) in [4.78, 5) is 42.7. The summed E-state index contributed by atoms with van der Waals surface area (Å²) >= 11 is 3.66. The first-order chi connectivity index (χ1) is 20.7. The van der Waals surface area contributed by atoms with Gasteiger partial charge in [-0.1, -0.05) is 39.8 Å². The number of halogens is 1. The van der Waals surface area contributed by atoms with Crippen molar-refractivity contribution in [2.24, 2.45) is 10.8 Å². The molecule has 1 N–H and O–H groups in total. The predicted octanol–water partition coefficient (Wildman–Crippen LogP) is 7.19. The number of hydrogen-bond acceptors (Lipinski definition) is 7. The van der Waals surface area contributed by atoms with E-state index in [1.165, 1.54) is 0 Å². The van der Waals surface area contributed by atoms with Gasteiger partial charge < -0.3 is 24.4 Å². The number of para-hydroxylation sites is 2. The first-order valence-electron chi connectivity index (χ1n) is 15.0. The van der Waals surface area contributed by atoms with Gasteiger partial charge in [-0.05, 0) is 76.4 Å². The van der Waals surface area contributed by atoms with E-state index in [1.54, 1.807) is 19.2 Å². The molecule has 2 aliphatic carbocycles. The SMILES string of the molecule is CCOc1cc(C2C3=C(CC(C)(C)CC3=O)N(C)C3=C2C(=O)CC(C)(C)C3)cc(Br)c1OCC(=O)Nc1ccccc1OC. The molecule has 8 nitrogen and oxygen atoms in total. The summed E-state index contributed by atoms with van der Waals surface area (Å²) in [7, 11) is 3.54. The average molecular weight is 666 g/mol. The van der Waals surface area contributed by atoms with Gasteiger partial charge in [0.25, 0.3) is 5.91 Å². The van der Waals surface area contributed by atoms with Crippen molar-refractivity contribution >= 4 is 39.1 Å². The van der Waals surface area contributed by atoms with Crippen molar-refractivity contribution < 1.29 is 28.6 Å². The van der Waals surface area contributed by atoms with Gasteiger partial charge in [-0.15, -0.1) is 0 Å². The van der Waals surface area contributed by atoms with E-state index in [0.717, 1.165) is 29.8 Å². The maximum Gasteiger partial charge on any atom is 0.262 e. The highest BCUT2D eigenvalue weighted by Crippen LogP contribution is 2.55. The van der Waals surface area contributed by atoms with Crippen molar-refractivity contribution in [3.63, 3.8) is 0 Å². The zero-order chi connectivity index (χ0) is 32.0. The zero-order valence-corrected chi connectivity index (χ0v) is 28.1. The Morgan fingerprint density at radius 1 is 0.932 bits per heavy atom. The summed E-state index contributed by atoms with van der Waals surface area (Å²) in [5.74, 6) is 0.606. The Bertz CT molecular complexity index is 1530. The van der Waals surface area contributed by atoms with Crippen molar-refractivity contribution in [1.82, 2.24) is 4.90 Å². The molecule has 44 heavy (non-hydrogen) atoms. The molecule has 3 aliphatic rings. The van der Waals surface area contributed by atoms with E-state index in [9.17, 15) is 14.4 Å². The fourth-order valence-electron chi connectivity index (χ4n) is 6.73. The lowest BCUT2D eigenvalue weighted by atomic mass is 9.64. The smallest absolute Gasteiger partial charge is 0.262 e. The van der Waals surface area contributed by atoms with E-state index >= 15 is 0 Å². The molecule has 2 aromatic carbocycles. The van der Waals surface area contributed by atoms with Crippen LogP contribution >= 0.6 is 15.9 Å². The fourth-order valence-corrected chi connectivity index (χ4v) is 7.30. The minimum absolute atomic E-state index is 0.0692. The van der Waals surface area contributed by atoms with Gasteiger partial charge in [0.05, 0.1) is 23.9 Å². The Balaban J connectivity index is 1.54. The molecule has 0 aromatic heterocycles. The van der Waals surface area contributed by atoms with E-state index in [0.29, 0.717) is 58.0 Å². The first kappa shape index (κ1) is 31.8. The Morgan fingerprint density at radius 2 is 1.52 bits per heavy atom. The lowest BCUT2D eigenvalue weighted by Crippen LogP contribution is -2.43. The van der Waals surface area contributed by atoms with Crippen LogP contribution in [0.15, 0.2) is 63.4 Å². The molecule has 0 saturated carbocycles. The third-order valence-corrected chi connectivity index (χ3v) is 9.16. The molecule has 0 fully saturated rings. The number of nitrogens with one attached hydrogen (secondary N) is 1. The normalized spacial score (nSPS) is 19.4. The quantitative estimate of drug-likeness (QED) is 0.319. The molecule has 0 saturated heterocycles. The van der Waals surface area contributed by atoms with E-state index in [2.05, 4.69) is 53.8 Å². The number of allylic oxidation sites excluding steroid dienone is 4. The average Bonchev–Trinajstić information content (AvgIpc) is 2.93. The van der Waals surface area contributed by atoms with Gasteiger partial charge in [-0.25, -0.2) is 0 Å². The molecule has 0 bridgehead atoms. The fraction of sp³-hybridized carbons (Fsp3) is 0.457. The lowest BCUT2D eigenvalue weighted by molar-refractivity contribution is -0.120. The van der Waals surface area contributed by atoms with Gasteiger partial charge in [0.15, 0.2) is 29.7 Å². The van der Waals surface area contributed by atoms with E-state index in [-0.39, 0.29) is 34.9 Å². The Hall–Kier alpha value is -3.59. The molecule has 9 heteroatoms. The molecular weight excluding hydrogens is 624 g/mol. The van der Waals surface area contributed by atoms with Gasteiger partial charge in [0.2, 0.25) is 0 Å². The number of methoxy groups -OCH3 is 1. The van der Waals surface area contributed by atoms with Crippen LogP contribution in [-0.4, -0.2) is 49.7 Å². The van der Waals surface area contributed by atoms with Crippen molar-refractivity contribution in [2.45, 2.75) is 66.2 Å². The van der Waals surface area contributed by atoms with Crippen LogP contribution in [0, 0.1) is 10.8 Å². The summed E-state index contributed by atoms with van der Waals surface area (Å²) in [5, 5.41) is 2.82. The van der Waals surface area contributed by atoms with Gasteiger partial charge >= 0.3 is 0 Å². The summed E-state index contributed by atoms with van der Waals surface area (Å²) in [6, 6.07) is 10.9. The maximum atomic E-state index is 13.9. The van der Waals surface area contributed by atoms with E-state index in [1.807, 2.05) is 38.2 Å². The van der Waals surface area contributed by atoms with Gasteiger partial charge in [0, 0.05) is 48.3 Å². The summed E-state index contributed by atoms with van der Waals surface area (Å²) in [6.45, 7) is 10.4. The molecule has 1 aliphatic heterocycles. The van der Waals surface area contributed by atoms with Crippen LogP contribution in [0.1, 0.15) is 71.8 Å². The minimum atomic E-state index is -0.512. The number of carbonyl (C=O) groups is 3. The second kappa shape index (κ2) is 12.1. The molecule has 5 rings (SSSR count). The standard InChI is InChI=1S/C35H41BrN2O6/c1-8-43-28-14-20(13-21(36)33(28)44-19-29(41)37-22-11-9-10-12-27(22)42-7)30-31-23(15-34(2,3)17-25(31)39)38(6)24-16-35(4,5)18-26(40)32(24)30/h9-14,30H,8,15-19H2,1-7H3,(H,37,41). The highest BCUT2D eigenvalue weighted by molar-refractivity contribution is 9.10. The largest absolute Gasteiger partial charge is 0.495 e. The monoisotopic (exact) mass is 664 g/mol. The molecular formula is C35H41BrN2O6. The number of Topliss-reactive ketones (excluding diaryl/α,β-unsaturated/α-hetero) is 2. The second-order valence-corrected chi connectivity index (χ2v) is 14.2. The number of benzene rings is 2. The first-order valence-corrected chi connectivity index (χ1v) is 15.8. The van der Waals surface area contributed by atoms with Crippen molar-refractivity contribution in [2.75, 3.05) is 32.7 Å². The van der Waals surface area contributed by atoms with Crippen molar-refractivity contribution in [1.29, 1.82) is 0 Å². The number of amides is 1. The molecule has 234 valence electrons. The van der Waals surface area contributed by atoms with Gasteiger partial charge in [0.1, 0.15) is 5.75 Å². The number of ketones is 2. The van der Waals surface area contributed by atoms with Crippen molar-refractivity contribution in [3.05, 3.63) is 69.0 Å². The minimum Gasteiger partial charge on any atom is -0.495 e. The summed E-state index contributed by atoms with van der Waals surface area (Å²) in [6.07, 6.45) is 2.32.